The minimum absolute atomic E-state index is 0.0297. The largest absolute Gasteiger partial charge is 0.495 e. The van der Waals surface area contributed by atoms with Gasteiger partial charge < -0.3 is 15.2 Å². The molecular formula is C14H15NO3. The Morgan fingerprint density at radius 3 is 3.06 bits per heavy atom. The van der Waals surface area contributed by atoms with Gasteiger partial charge in [-0.1, -0.05) is 24.3 Å². The lowest BCUT2D eigenvalue weighted by molar-refractivity contribution is -0.139. The third-order valence-electron chi connectivity index (χ3n) is 3.84. The third kappa shape index (κ3) is 1.49. The molecule has 1 aliphatic heterocycles. The van der Waals surface area contributed by atoms with Crippen LogP contribution in [0.1, 0.15) is 17.9 Å². The van der Waals surface area contributed by atoms with Crippen molar-refractivity contribution in [3.05, 3.63) is 35.9 Å². The number of carboxylic acids is 1. The van der Waals surface area contributed by atoms with Crippen LogP contribution in [-0.4, -0.2) is 24.2 Å². The number of hydrogen-bond acceptors (Lipinski definition) is 3. The lowest BCUT2D eigenvalue weighted by Gasteiger charge is -2.35. The van der Waals surface area contributed by atoms with Crippen LogP contribution in [0.25, 0.3) is 0 Å². The molecule has 0 spiro atoms. The average Bonchev–Trinajstić information content (AvgIpc) is 2.86. The molecule has 0 bridgehead atoms. The van der Waals surface area contributed by atoms with Gasteiger partial charge in [0.05, 0.1) is 12.8 Å². The lowest BCUT2D eigenvalue weighted by atomic mass is 9.79. The molecule has 0 saturated carbocycles. The highest BCUT2D eigenvalue weighted by molar-refractivity contribution is 5.82. The van der Waals surface area contributed by atoms with Crippen molar-refractivity contribution < 1.29 is 14.6 Å². The van der Waals surface area contributed by atoms with Crippen molar-refractivity contribution in [2.45, 2.75) is 18.4 Å². The second-order valence-corrected chi connectivity index (χ2v) is 4.73. The number of allylic oxidation sites excluding steroid dienone is 1. The van der Waals surface area contributed by atoms with Gasteiger partial charge in [-0.2, -0.15) is 0 Å². The maximum absolute atomic E-state index is 11.4. The van der Waals surface area contributed by atoms with Crippen LogP contribution in [0.15, 0.2) is 30.4 Å². The normalized spacial score (nSPS) is 28.2. The van der Waals surface area contributed by atoms with Crippen LogP contribution >= 0.6 is 0 Å². The standard InChI is InChI=1S/C14H15NO3/c1-18-11-7-3-6-9-8-4-2-5-10(8)13(14(16)17)15-12(9)11/h2-3,5-8,10,13,15H,4H2,1H3,(H,16,17)/t8-,10-,13+/m1/s1. The number of ether oxygens (including phenoxy) is 1. The average molecular weight is 245 g/mol. The van der Waals surface area contributed by atoms with E-state index in [9.17, 15) is 9.90 Å². The first-order valence-electron chi connectivity index (χ1n) is 6.05. The van der Waals surface area contributed by atoms with Crippen LogP contribution in [0.5, 0.6) is 5.75 Å². The van der Waals surface area contributed by atoms with E-state index in [-0.39, 0.29) is 11.8 Å². The Morgan fingerprint density at radius 1 is 1.50 bits per heavy atom. The molecule has 1 aromatic rings. The zero-order chi connectivity index (χ0) is 12.7. The van der Waals surface area contributed by atoms with E-state index in [1.54, 1.807) is 7.11 Å². The molecule has 0 amide bonds. The van der Waals surface area contributed by atoms with E-state index in [1.807, 2.05) is 24.3 Å². The van der Waals surface area contributed by atoms with Gasteiger partial charge in [0.15, 0.2) is 0 Å². The van der Waals surface area contributed by atoms with E-state index >= 15 is 0 Å². The van der Waals surface area contributed by atoms with Crippen LogP contribution in [0, 0.1) is 5.92 Å². The van der Waals surface area contributed by atoms with Gasteiger partial charge in [-0.3, -0.25) is 0 Å². The van der Waals surface area contributed by atoms with E-state index in [0.717, 1.165) is 17.7 Å². The number of fused-ring (bicyclic) bond motifs is 3. The summed E-state index contributed by atoms with van der Waals surface area (Å²) in [6, 6.07) is 5.29. The molecular weight excluding hydrogens is 230 g/mol. The Balaban J connectivity index is 2.10. The molecule has 1 heterocycles. The third-order valence-corrected chi connectivity index (χ3v) is 3.84. The zero-order valence-corrected chi connectivity index (χ0v) is 10.1. The van der Waals surface area contributed by atoms with E-state index in [1.165, 1.54) is 0 Å². The summed E-state index contributed by atoms with van der Waals surface area (Å²) >= 11 is 0. The second kappa shape index (κ2) is 4.05. The number of nitrogens with one attached hydrogen (secondary N) is 1. The van der Waals surface area contributed by atoms with Crippen LogP contribution in [0.2, 0.25) is 0 Å². The van der Waals surface area contributed by atoms with Crippen molar-refractivity contribution in [3.8, 4) is 5.75 Å². The Bertz CT molecular complexity index is 524. The number of methoxy groups -OCH3 is 1. The number of carbonyl (C=O) groups is 1. The number of benzene rings is 1. The molecule has 4 nitrogen and oxygen atoms in total. The maximum atomic E-state index is 11.4. The molecule has 1 aliphatic carbocycles. The summed E-state index contributed by atoms with van der Waals surface area (Å²) in [5, 5.41) is 12.4. The highest BCUT2D eigenvalue weighted by Gasteiger charge is 2.41. The Hall–Kier alpha value is -1.97. The fourth-order valence-corrected chi connectivity index (χ4v) is 3.01. The van der Waals surface area contributed by atoms with Gasteiger partial charge in [-0.25, -0.2) is 4.79 Å². The SMILES string of the molecule is COc1cccc2c1N[C@H](C(=O)O)[C@@H]1C=CC[C@H]21. The van der Waals surface area contributed by atoms with Crippen LogP contribution in [0.3, 0.4) is 0 Å². The number of para-hydroxylation sites is 1. The minimum Gasteiger partial charge on any atom is -0.495 e. The number of carboxylic acid groups (broad SMARTS) is 1. The molecule has 0 unspecified atom stereocenters. The summed E-state index contributed by atoms with van der Waals surface area (Å²) in [4.78, 5) is 11.4. The van der Waals surface area contributed by atoms with Crippen molar-refractivity contribution in [3.63, 3.8) is 0 Å². The summed E-state index contributed by atoms with van der Waals surface area (Å²) in [6.45, 7) is 0. The molecule has 2 N–H and O–H groups in total. The van der Waals surface area contributed by atoms with Crippen molar-refractivity contribution >= 4 is 11.7 Å². The predicted octanol–water partition coefficient (Wildman–Crippen LogP) is 2.23. The molecule has 4 heteroatoms. The predicted molar refractivity (Wildman–Crippen MR) is 68.0 cm³/mol. The number of anilines is 1. The minimum atomic E-state index is -0.812. The van der Waals surface area contributed by atoms with Crippen LogP contribution in [-0.2, 0) is 4.79 Å². The number of aliphatic carboxylic acids is 1. The summed E-state index contributed by atoms with van der Waals surface area (Å²) in [6.07, 6.45) is 4.98. The van der Waals surface area contributed by atoms with E-state index < -0.39 is 12.0 Å². The van der Waals surface area contributed by atoms with E-state index in [4.69, 9.17) is 4.74 Å². The smallest absolute Gasteiger partial charge is 0.326 e. The summed E-state index contributed by atoms with van der Waals surface area (Å²) in [5.41, 5.74) is 1.99. The van der Waals surface area contributed by atoms with E-state index in [2.05, 4.69) is 11.4 Å². The molecule has 0 aromatic heterocycles. The Morgan fingerprint density at radius 2 is 2.33 bits per heavy atom. The molecule has 3 atom stereocenters. The van der Waals surface area contributed by atoms with E-state index in [0.29, 0.717) is 5.75 Å². The topological polar surface area (TPSA) is 58.6 Å². The fourth-order valence-electron chi connectivity index (χ4n) is 3.01. The van der Waals surface area contributed by atoms with Crippen molar-refractivity contribution in [1.29, 1.82) is 0 Å². The van der Waals surface area contributed by atoms with Crippen molar-refractivity contribution in [2.24, 2.45) is 5.92 Å². The molecule has 0 fully saturated rings. The number of rotatable bonds is 2. The van der Waals surface area contributed by atoms with Gasteiger partial charge in [-0.05, 0) is 24.0 Å². The first-order chi connectivity index (χ1) is 8.72. The fraction of sp³-hybridized carbons (Fsp3) is 0.357. The summed E-state index contributed by atoms with van der Waals surface area (Å²) in [7, 11) is 1.60. The number of hydrogen-bond donors (Lipinski definition) is 2. The molecule has 0 saturated heterocycles. The van der Waals surface area contributed by atoms with Gasteiger partial charge in [0.1, 0.15) is 11.8 Å². The Kier molecular flexibility index (Phi) is 2.51. The first kappa shape index (κ1) is 11.1. The van der Waals surface area contributed by atoms with Crippen molar-refractivity contribution in [1.82, 2.24) is 0 Å². The second-order valence-electron chi connectivity index (χ2n) is 4.73. The Labute approximate surface area is 105 Å². The monoisotopic (exact) mass is 245 g/mol. The molecule has 1 aromatic carbocycles. The first-order valence-corrected chi connectivity index (χ1v) is 6.05. The highest BCUT2D eigenvalue weighted by Crippen LogP contribution is 2.47. The quantitative estimate of drug-likeness (QED) is 0.784. The van der Waals surface area contributed by atoms with Gasteiger partial charge in [0, 0.05) is 5.92 Å². The van der Waals surface area contributed by atoms with Crippen LogP contribution in [0.4, 0.5) is 5.69 Å². The van der Waals surface area contributed by atoms with Gasteiger partial charge >= 0.3 is 5.97 Å². The van der Waals surface area contributed by atoms with Crippen molar-refractivity contribution in [2.75, 3.05) is 12.4 Å². The van der Waals surface area contributed by atoms with Gasteiger partial charge in [0.2, 0.25) is 0 Å². The van der Waals surface area contributed by atoms with Gasteiger partial charge in [0.25, 0.3) is 0 Å². The van der Waals surface area contributed by atoms with Gasteiger partial charge in [-0.15, -0.1) is 0 Å². The lowest BCUT2D eigenvalue weighted by Crippen LogP contribution is -2.41. The van der Waals surface area contributed by atoms with Crippen LogP contribution < -0.4 is 10.1 Å². The molecule has 94 valence electrons. The summed E-state index contributed by atoms with van der Waals surface area (Å²) in [5.74, 6) is 0.178. The molecule has 0 radical (unpaired) electrons. The molecule has 3 rings (SSSR count). The molecule has 2 aliphatic rings. The molecule has 18 heavy (non-hydrogen) atoms. The maximum Gasteiger partial charge on any atom is 0.326 e. The highest BCUT2D eigenvalue weighted by atomic mass is 16.5. The zero-order valence-electron chi connectivity index (χ0n) is 10.1. The summed E-state index contributed by atoms with van der Waals surface area (Å²) < 4.78 is 5.31.